The van der Waals surface area contributed by atoms with Gasteiger partial charge in [0.1, 0.15) is 5.75 Å². The number of rotatable bonds is 3. The van der Waals surface area contributed by atoms with Crippen molar-refractivity contribution in [1.29, 1.82) is 0 Å². The number of thioether (sulfide) groups is 1. The third-order valence-corrected chi connectivity index (χ3v) is 4.39. The molecule has 2 rings (SSSR count). The van der Waals surface area contributed by atoms with Gasteiger partial charge in [-0.1, -0.05) is 23.2 Å². The summed E-state index contributed by atoms with van der Waals surface area (Å²) in [5.74, 6) is -0.226. The van der Waals surface area contributed by atoms with E-state index in [1.165, 1.54) is 17.8 Å². The van der Waals surface area contributed by atoms with Gasteiger partial charge in [-0.15, -0.1) is 0 Å². The maximum Gasteiger partial charge on any atom is 0.266 e. The SMILES string of the molecule is CCN=C1S/C(=C/c2cc(Cl)cc(Cl)c2O)C(=O)N1CC. The molecule has 1 aliphatic heterocycles. The number of amides is 1. The van der Waals surface area contributed by atoms with Crippen LogP contribution in [0.2, 0.25) is 10.0 Å². The van der Waals surface area contributed by atoms with E-state index in [0.717, 1.165) is 0 Å². The number of phenols is 1. The quantitative estimate of drug-likeness (QED) is 0.842. The number of likely N-dealkylation sites (N-methyl/N-ethyl adjacent to an activating group) is 1. The number of aliphatic imine (C=N–C) groups is 1. The molecular weight excluding hydrogens is 331 g/mol. The zero-order chi connectivity index (χ0) is 15.6. The summed E-state index contributed by atoms with van der Waals surface area (Å²) < 4.78 is 0. The van der Waals surface area contributed by atoms with E-state index in [0.29, 0.717) is 33.7 Å². The predicted octanol–water partition coefficient (Wildman–Crippen LogP) is 4.01. The van der Waals surface area contributed by atoms with Crippen molar-refractivity contribution in [3.05, 3.63) is 32.6 Å². The Hall–Kier alpha value is -1.17. The number of nitrogens with zero attached hydrogens (tertiary/aromatic N) is 2. The van der Waals surface area contributed by atoms with E-state index in [9.17, 15) is 9.90 Å². The molecule has 7 heteroatoms. The van der Waals surface area contributed by atoms with E-state index < -0.39 is 0 Å². The molecule has 1 N–H and O–H groups in total. The fraction of sp³-hybridized carbons (Fsp3) is 0.286. The van der Waals surface area contributed by atoms with Crippen LogP contribution < -0.4 is 0 Å². The summed E-state index contributed by atoms with van der Waals surface area (Å²) in [6.45, 7) is 4.95. The summed E-state index contributed by atoms with van der Waals surface area (Å²) in [6.07, 6.45) is 1.58. The highest BCUT2D eigenvalue weighted by molar-refractivity contribution is 8.18. The number of carbonyl (C=O) groups excluding carboxylic acids is 1. The van der Waals surface area contributed by atoms with Crippen LogP contribution in [0.1, 0.15) is 19.4 Å². The van der Waals surface area contributed by atoms with Crippen molar-refractivity contribution in [3.63, 3.8) is 0 Å². The van der Waals surface area contributed by atoms with Crippen LogP contribution in [-0.4, -0.2) is 34.2 Å². The van der Waals surface area contributed by atoms with Crippen LogP contribution in [0.25, 0.3) is 6.08 Å². The number of phenolic OH excluding ortho intramolecular Hbond substituents is 1. The number of hydrogen-bond acceptors (Lipinski definition) is 4. The maximum absolute atomic E-state index is 12.3. The van der Waals surface area contributed by atoms with Gasteiger partial charge in [0, 0.05) is 23.7 Å². The lowest BCUT2D eigenvalue weighted by Gasteiger charge is -2.11. The van der Waals surface area contributed by atoms with Gasteiger partial charge in [-0.3, -0.25) is 14.7 Å². The normalized spacial score (nSPS) is 19.0. The third-order valence-electron chi connectivity index (χ3n) is 2.84. The average molecular weight is 345 g/mol. The molecule has 1 aromatic carbocycles. The summed E-state index contributed by atoms with van der Waals surface area (Å²) >= 11 is 13.1. The van der Waals surface area contributed by atoms with E-state index in [2.05, 4.69) is 4.99 Å². The first kappa shape index (κ1) is 16.2. The Morgan fingerprint density at radius 3 is 2.71 bits per heavy atom. The van der Waals surface area contributed by atoms with Crippen LogP contribution in [0.3, 0.4) is 0 Å². The summed E-state index contributed by atoms with van der Waals surface area (Å²) in [5.41, 5.74) is 0.414. The first-order valence-electron chi connectivity index (χ1n) is 6.41. The van der Waals surface area contributed by atoms with E-state index in [1.54, 1.807) is 17.0 Å². The standard InChI is InChI=1S/C14H14Cl2N2O2S/c1-3-17-14-18(4-2)13(20)11(21-14)6-8-5-9(15)7-10(16)12(8)19/h5-7,19H,3-4H2,1-2H3/b11-6+,17-14?. The van der Waals surface area contributed by atoms with Gasteiger partial charge in [0.15, 0.2) is 5.17 Å². The highest BCUT2D eigenvalue weighted by Crippen LogP contribution is 2.37. The van der Waals surface area contributed by atoms with Gasteiger partial charge in [0.2, 0.25) is 0 Å². The molecule has 0 atom stereocenters. The van der Waals surface area contributed by atoms with E-state index in [4.69, 9.17) is 23.2 Å². The minimum Gasteiger partial charge on any atom is -0.506 e. The van der Waals surface area contributed by atoms with Crippen LogP contribution in [0.5, 0.6) is 5.75 Å². The van der Waals surface area contributed by atoms with Gasteiger partial charge in [0.25, 0.3) is 5.91 Å². The number of amidine groups is 1. The van der Waals surface area contributed by atoms with Gasteiger partial charge in [-0.2, -0.15) is 0 Å². The predicted molar refractivity (Wildman–Crippen MR) is 89.1 cm³/mol. The van der Waals surface area contributed by atoms with Crippen molar-refractivity contribution in [3.8, 4) is 5.75 Å². The molecule has 21 heavy (non-hydrogen) atoms. The first-order chi connectivity index (χ1) is 9.97. The Balaban J connectivity index is 2.43. The Kier molecular flexibility index (Phi) is 5.19. The van der Waals surface area contributed by atoms with E-state index in [-0.39, 0.29) is 16.7 Å². The number of carbonyl (C=O) groups is 1. The van der Waals surface area contributed by atoms with Crippen molar-refractivity contribution in [2.75, 3.05) is 13.1 Å². The summed E-state index contributed by atoms with van der Waals surface area (Å²) in [5, 5.41) is 11.2. The molecule has 0 unspecified atom stereocenters. The zero-order valence-electron chi connectivity index (χ0n) is 11.6. The molecule has 4 nitrogen and oxygen atoms in total. The van der Waals surface area contributed by atoms with Crippen molar-refractivity contribution >= 4 is 52.1 Å². The fourth-order valence-electron chi connectivity index (χ4n) is 1.88. The summed E-state index contributed by atoms with van der Waals surface area (Å²) in [6, 6.07) is 3.02. The fourth-order valence-corrected chi connectivity index (χ4v) is 3.48. The monoisotopic (exact) mass is 344 g/mol. The van der Waals surface area contributed by atoms with E-state index in [1.807, 2.05) is 13.8 Å². The largest absolute Gasteiger partial charge is 0.506 e. The summed E-state index contributed by atoms with van der Waals surface area (Å²) in [4.78, 5) is 18.7. The molecule has 0 aromatic heterocycles. The Bertz CT molecular complexity index is 644. The average Bonchev–Trinajstić information content (AvgIpc) is 2.72. The minimum atomic E-state index is -0.134. The highest BCUT2D eigenvalue weighted by atomic mass is 35.5. The molecule has 1 fully saturated rings. The zero-order valence-corrected chi connectivity index (χ0v) is 13.9. The van der Waals surface area contributed by atoms with Crippen molar-refractivity contribution in [2.24, 2.45) is 4.99 Å². The molecule has 1 heterocycles. The molecule has 1 saturated heterocycles. The van der Waals surface area contributed by atoms with Crippen molar-refractivity contribution < 1.29 is 9.90 Å². The van der Waals surface area contributed by atoms with Crippen LogP contribution in [0, 0.1) is 0 Å². The maximum atomic E-state index is 12.3. The number of benzene rings is 1. The number of aromatic hydroxyl groups is 1. The van der Waals surface area contributed by atoms with Gasteiger partial charge in [-0.25, -0.2) is 0 Å². The molecule has 0 saturated carbocycles. The van der Waals surface area contributed by atoms with Crippen LogP contribution in [0.15, 0.2) is 22.0 Å². The Morgan fingerprint density at radius 2 is 2.10 bits per heavy atom. The lowest BCUT2D eigenvalue weighted by atomic mass is 10.2. The lowest BCUT2D eigenvalue weighted by Crippen LogP contribution is -2.28. The molecule has 1 aromatic rings. The topological polar surface area (TPSA) is 52.9 Å². The Labute approximate surface area is 137 Å². The van der Waals surface area contributed by atoms with Crippen LogP contribution in [0.4, 0.5) is 0 Å². The molecule has 1 aliphatic rings. The molecule has 0 aliphatic carbocycles. The van der Waals surface area contributed by atoms with Crippen molar-refractivity contribution in [2.45, 2.75) is 13.8 Å². The lowest BCUT2D eigenvalue weighted by molar-refractivity contribution is -0.122. The van der Waals surface area contributed by atoms with Crippen LogP contribution >= 0.6 is 35.0 Å². The van der Waals surface area contributed by atoms with Crippen LogP contribution in [-0.2, 0) is 4.79 Å². The van der Waals surface area contributed by atoms with Gasteiger partial charge in [-0.05, 0) is 43.8 Å². The second-order valence-corrected chi connectivity index (χ2v) is 6.10. The molecule has 0 radical (unpaired) electrons. The highest BCUT2D eigenvalue weighted by Gasteiger charge is 2.32. The number of hydrogen-bond donors (Lipinski definition) is 1. The van der Waals surface area contributed by atoms with Gasteiger partial charge < -0.3 is 5.11 Å². The molecule has 1 amide bonds. The van der Waals surface area contributed by atoms with Gasteiger partial charge in [0.05, 0.1) is 9.93 Å². The number of halogens is 2. The minimum absolute atomic E-state index is 0.0918. The molecule has 112 valence electrons. The third kappa shape index (κ3) is 3.36. The Morgan fingerprint density at radius 1 is 1.38 bits per heavy atom. The van der Waals surface area contributed by atoms with Crippen molar-refractivity contribution in [1.82, 2.24) is 4.90 Å². The second-order valence-electron chi connectivity index (χ2n) is 4.24. The van der Waals surface area contributed by atoms with E-state index >= 15 is 0 Å². The second kappa shape index (κ2) is 6.73. The molecule has 0 spiro atoms. The summed E-state index contributed by atoms with van der Waals surface area (Å²) in [7, 11) is 0. The molecular formula is C14H14Cl2N2O2S. The smallest absolute Gasteiger partial charge is 0.266 e. The van der Waals surface area contributed by atoms with Gasteiger partial charge >= 0.3 is 0 Å². The molecule has 0 bridgehead atoms. The first-order valence-corrected chi connectivity index (χ1v) is 7.99.